The molecule has 0 aromatic rings. The fraction of sp³-hybridized carbons (Fsp3) is 0.846. The van der Waals surface area contributed by atoms with Crippen molar-refractivity contribution in [3.8, 4) is 0 Å². The number of carbonyl (C=O) groups excluding carboxylic acids is 2. The van der Waals surface area contributed by atoms with Crippen LogP contribution in [0.3, 0.4) is 0 Å². The molecule has 1 atom stereocenters. The Bertz CT molecular complexity index is 288. The summed E-state index contributed by atoms with van der Waals surface area (Å²) in [6.45, 7) is 2.13. The molecule has 0 spiro atoms. The topological polar surface area (TPSA) is 69.6 Å². The maximum Gasteiger partial charge on any atom is 0.224 e. The number of aliphatic hydroxyl groups excluding tert-OH is 1. The number of hydrogen-bond acceptors (Lipinski definition) is 3. The quantitative estimate of drug-likeness (QED) is 0.728. The molecule has 0 saturated heterocycles. The standard InChI is InChI=1S/C13H24N2O3/c1-10(9-16)15(2)12(17)7-8-14-13(18)11-5-3-4-6-11/h10-11,16H,3-9H2,1-2H3,(H,14,18). The van der Waals surface area contributed by atoms with Gasteiger partial charge in [-0.1, -0.05) is 12.8 Å². The molecule has 0 aromatic carbocycles. The summed E-state index contributed by atoms with van der Waals surface area (Å²) in [5.74, 6) is 0.177. The van der Waals surface area contributed by atoms with Gasteiger partial charge in [0.15, 0.2) is 0 Å². The number of amides is 2. The average Bonchev–Trinajstić information content (AvgIpc) is 2.90. The summed E-state index contributed by atoms with van der Waals surface area (Å²) in [5, 5.41) is 11.8. The Labute approximate surface area is 109 Å². The van der Waals surface area contributed by atoms with Gasteiger partial charge in [-0.2, -0.15) is 0 Å². The molecule has 1 saturated carbocycles. The van der Waals surface area contributed by atoms with Crippen LogP contribution in [0.15, 0.2) is 0 Å². The van der Waals surface area contributed by atoms with Crippen LogP contribution in [-0.2, 0) is 9.59 Å². The van der Waals surface area contributed by atoms with Crippen LogP contribution in [0.25, 0.3) is 0 Å². The molecule has 0 radical (unpaired) electrons. The number of aliphatic hydroxyl groups is 1. The van der Waals surface area contributed by atoms with E-state index in [0.717, 1.165) is 25.7 Å². The first-order valence-electron chi connectivity index (χ1n) is 6.70. The van der Waals surface area contributed by atoms with Gasteiger partial charge in [-0.3, -0.25) is 9.59 Å². The van der Waals surface area contributed by atoms with E-state index in [1.54, 1.807) is 14.0 Å². The Morgan fingerprint density at radius 1 is 1.39 bits per heavy atom. The second kappa shape index (κ2) is 7.36. The molecule has 0 aromatic heterocycles. The van der Waals surface area contributed by atoms with Crippen LogP contribution < -0.4 is 5.32 Å². The van der Waals surface area contributed by atoms with Crippen molar-refractivity contribution in [3.05, 3.63) is 0 Å². The normalized spacial score (nSPS) is 17.5. The average molecular weight is 256 g/mol. The lowest BCUT2D eigenvalue weighted by Crippen LogP contribution is -2.39. The number of nitrogens with zero attached hydrogens (tertiary/aromatic N) is 1. The fourth-order valence-electron chi connectivity index (χ4n) is 2.17. The molecule has 0 aliphatic heterocycles. The third-order valence-corrected chi connectivity index (χ3v) is 3.68. The molecule has 1 unspecified atom stereocenters. The Morgan fingerprint density at radius 2 is 2.00 bits per heavy atom. The highest BCUT2D eigenvalue weighted by molar-refractivity contribution is 5.80. The first kappa shape index (κ1) is 15.0. The minimum atomic E-state index is -0.178. The fourth-order valence-corrected chi connectivity index (χ4v) is 2.17. The van der Waals surface area contributed by atoms with Crippen molar-refractivity contribution in [2.24, 2.45) is 5.92 Å². The summed E-state index contributed by atoms with van der Waals surface area (Å²) in [7, 11) is 1.67. The van der Waals surface area contributed by atoms with Crippen LogP contribution in [0.2, 0.25) is 0 Å². The third kappa shape index (κ3) is 4.29. The molecule has 2 N–H and O–H groups in total. The Kier molecular flexibility index (Phi) is 6.12. The van der Waals surface area contributed by atoms with Crippen LogP contribution in [0.5, 0.6) is 0 Å². The van der Waals surface area contributed by atoms with Gasteiger partial charge < -0.3 is 15.3 Å². The smallest absolute Gasteiger partial charge is 0.224 e. The highest BCUT2D eigenvalue weighted by Crippen LogP contribution is 2.24. The minimum Gasteiger partial charge on any atom is -0.394 e. The third-order valence-electron chi connectivity index (χ3n) is 3.68. The molecular formula is C13H24N2O3. The number of rotatable bonds is 6. The molecule has 1 aliphatic carbocycles. The molecule has 1 fully saturated rings. The zero-order valence-corrected chi connectivity index (χ0v) is 11.3. The van der Waals surface area contributed by atoms with E-state index in [-0.39, 0.29) is 30.4 Å². The number of hydrogen-bond donors (Lipinski definition) is 2. The summed E-state index contributed by atoms with van der Waals surface area (Å²) < 4.78 is 0. The molecule has 2 amide bonds. The zero-order valence-electron chi connectivity index (χ0n) is 11.3. The van der Waals surface area contributed by atoms with Gasteiger partial charge in [-0.15, -0.1) is 0 Å². The van der Waals surface area contributed by atoms with E-state index in [9.17, 15) is 9.59 Å². The van der Waals surface area contributed by atoms with Gasteiger partial charge in [0, 0.05) is 25.9 Å². The van der Waals surface area contributed by atoms with Gasteiger partial charge in [-0.05, 0) is 19.8 Å². The van der Waals surface area contributed by atoms with Crippen molar-refractivity contribution in [3.63, 3.8) is 0 Å². The summed E-state index contributed by atoms with van der Waals surface area (Å²) in [4.78, 5) is 24.9. The monoisotopic (exact) mass is 256 g/mol. The van der Waals surface area contributed by atoms with Gasteiger partial charge in [-0.25, -0.2) is 0 Å². The number of nitrogens with one attached hydrogen (secondary N) is 1. The number of carbonyl (C=O) groups is 2. The van der Waals surface area contributed by atoms with E-state index in [2.05, 4.69) is 5.32 Å². The van der Waals surface area contributed by atoms with Crippen molar-refractivity contribution in [2.75, 3.05) is 20.2 Å². The second-order valence-electron chi connectivity index (χ2n) is 5.06. The van der Waals surface area contributed by atoms with Crippen molar-refractivity contribution in [1.82, 2.24) is 10.2 Å². The Hall–Kier alpha value is -1.10. The lowest BCUT2D eigenvalue weighted by molar-refractivity contribution is -0.132. The maximum absolute atomic E-state index is 11.7. The minimum absolute atomic E-state index is 0.0450. The van der Waals surface area contributed by atoms with E-state index < -0.39 is 0 Å². The Morgan fingerprint density at radius 3 is 2.56 bits per heavy atom. The van der Waals surface area contributed by atoms with Crippen molar-refractivity contribution >= 4 is 11.8 Å². The van der Waals surface area contributed by atoms with Gasteiger partial charge in [0.05, 0.1) is 12.6 Å². The van der Waals surface area contributed by atoms with Crippen molar-refractivity contribution in [2.45, 2.75) is 45.1 Å². The summed E-state index contributed by atoms with van der Waals surface area (Å²) >= 11 is 0. The molecule has 0 bridgehead atoms. The van der Waals surface area contributed by atoms with Gasteiger partial charge >= 0.3 is 0 Å². The van der Waals surface area contributed by atoms with E-state index >= 15 is 0 Å². The highest BCUT2D eigenvalue weighted by Gasteiger charge is 2.22. The maximum atomic E-state index is 11.7. The molecule has 1 aliphatic rings. The van der Waals surface area contributed by atoms with Crippen molar-refractivity contribution in [1.29, 1.82) is 0 Å². The molecule has 1 rings (SSSR count). The van der Waals surface area contributed by atoms with Crippen LogP contribution in [0.1, 0.15) is 39.0 Å². The van der Waals surface area contributed by atoms with E-state index in [0.29, 0.717) is 13.0 Å². The zero-order chi connectivity index (χ0) is 13.5. The molecule has 0 heterocycles. The summed E-state index contributed by atoms with van der Waals surface area (Å²) in [5.41, 5.74) is 0. The lowest BCUT2D eigenvalue weighted by Gasteiger charge is -2.23. The van der Waals surface area contributed by atoms with Gasteiger partial charge in [0.1, 0.15) is 0 Å². The van der Waals surface area contributed by atoms with Crippen molar-refractivity contribution < 1.29 is 14.7 Å². The molecule has 5 heteroatoms. The molecule has 18 heavy (non-hydrogen) atoms. The lowest BCUT2D eigenvalue weighted by atomic mass is 10.1. The van der Waals surface area contributed by atoms with Gasteiger partial charge in [0.25, 0.3) is 0 Å². The van der Waals surface area contributed by atoms with Crippen LogP contribution >= 0.6 is 0 Å². The van der Waals surface area contributed by atoms with Crippen LogP contribution in [0, 0.1) is 5.92 Å². The van der Waals surface area contributed by atoms with Crippen LogP contribution in [-0.4, -0.2) is 48.1 Å². The predicted octanol–water partition coefficient (Wildman–Crippen LogP) is 0.522. The first-order valence-corrected chi connectivity index (χ1v) is 6.70. The predicted molar refractivity (Wildman–Crippen MR) is 68.9 cm³/mol. The SMILES string of the molecule is CC(CO)N(C)C(=O)CCNC(=O)C1CCCC1. The number of likely N-dealkylation sites (N-methyl/N-ethyl adjacent to an activating group) is 1. The largest absolute Gasteiger partial charge is 0.394 e. The summed E-state index contributed by atoms with van der Waals surface area (Å²) in [6, 6.07) is -0.178. The molecule has 104 valence electrons. The highest BCUT2D eigenvalue weighted by atomic mass is 16.3. The summed E-state index contributed by atoms with van der Waals surface area (Å²) in [6.07, 6.45) is 4.50. The second-order valence-corrected chi connectivity index (χ2v) is 5.06. The Balaban J connectivity index is 2.20. The molecular weight excluding hydrogens is 232 g/mol. The van der Waals surface area contributed by atoms with Crippen LogP contribution in [0.4, 0.5) is 0 Å². The van der Waals surface area contributed by atoms with E-state index in [1.807, 2.05) is 0 Å². The molecule has 5 nitrogen and oxygen atoms in total. The first-order chi connectivity index (χ1) is 8.56. The van der Waals surface area contributed by atoms with E-state index in [4.69, 9.17) is 5.11 Å². The van der Waals surface area contributed by atoms with Gasteiger partial charge in [0.2, 0.25) is 11.8 Å². The van der Waals surface area contributed by atoms with E-state index in [1.165, 1.54) is 4.90 Å².